The van der Waals surface area contributed by atoms with E-state index in [4.69, 9.17) is 18.9 Å². The molecule has 0 spiro atoms. The van der Waals surface area contributed by atoms with Crippen LogP contribution in [0.25, 0.3) is 0 Å². The first kappa shape index (κ1) is 99.7. The summed E-state index contributed by atoms with van der Waals surface area (Å²) in [4.78, 5) is 13.4. The zero-order valence-electron chi connectivity index (χ0n) is 68.4. The van der Waals surface area contributed by atoms with E-state index in [1.807, 2.05) is 6.08 Å². The standard InChI is InChI=1S/C93H165NO13/c1-3-5-7-9-11-13-15-17-19-21-23-25-27-29-31-33-35-37-38-39-40-41-42-43-44-45-47-49-51-53-55-57-59-61-63-65-67-69-71-73-75-77-85(98)94-81(80-104-92-90(103)88(101)91(84(79-96)106-92)107-93-89(102)87(100)86(99)83(78-95)105-93)82(97)76-74-72-70-68-66-64-62-60-58-56-54-52-50-48-46-36-34-32-30-28-26-24-22-20-18-16-14-12-10-8-6-4-2/h5,7,11,13,17,19,23,25,29,31,35,37,39-40,66,68,74,76,81-84,86-93,95-97,99-103H,3-4,6,8-10,12,14-16,18,20-22,24,26-28,30,32-34,36,38,41-65,67,69-73,75,77-80H2,1-2H3,(H,94,98)/b7-5-,13-11-,19-17-,25-23-,31-29-,37-35-,40-39-,68-66+,76-74+. The topological polar surface area (TPSA) is 228 Å². The molecule has 2 aliphatic heterocycles. The summed E-state index contributed by atoms with van der Waals surface area (Å²) in [5.41, 5.74) is 0. The maximum absolute atomic E-state index is 13.4. The third-order valence-electron chi connectivity index (χ3n) is 21.2. The summed E-state index contributed by atoms with van der Waals surface area (Å²) < 4.78 is 22.9. The Hall–Kier alpha value is -3.35. The molecule has 2 saturated heterocycles. The Labute approximate surface area is 655 Å². The number of ether oxygens (including phenoxy) is 4. The minimum atomic E-state index is -1.80. The molecule has 9 N–H and O–H groups in total. The summed E-state index contributed by atoms with van der Waals surface area (Å²) >= 11 is 0. The van der Waals surface area contributed by atoms with Crippen LogP contribution < -0.4 is 5.32 Å². The molecule has 2 fully saturated rings. The number of carbonyl (C=O) groups excluding carboxylic acids is 1. The van der Waals surface area contributed by atoms with Crippen molar-refractivity contribution in [2.75, 3.05) is 19.8 Å². The van der Waals surface area contributed by atoms with Gasteiger partial charge in [-0.2, -0.15) is 0 Å². The van der Waals surface area contributed by atoms with Crippen LogP contribution in [0.5, 0.6) is 0 Å². The molecule has 0 aromatic rings. The van der Waals surface area contributed by atoms with E-state index in [1.54, 1.807) is 6.08 Å². The highest BCUT2D eigenvalue weighted by Gasteiger charge is 2.51. The van der Waals surface area contributed by atoms with Crippen molar-refractivity contribution in [3.63, 3.8) is 0 Å². The average molecular weight is 1510 g/mol. The normalized spacial score (nSPS) is 21.7. The van der Waals surface area contributed by atoms with Crippen LogP contribution in [0.3, 0.4) is 0 Å². The average Bonchev–Trinajstić information content (AvgIpc) is 0.789. The minimum absolute atomic E-state index is 0.245. The van der Waals surface area contributed by atoms with Gasteiger partial charge in [0.25, 0.3) is 0 Å². The highest BCUT2D eigenvalue weighted by molar-refractivity contribution is 5.76. The van der Waals surface area contributed by atoms with E-state index >= 15 is 0 Å². The van der Waals surface area contributed by atoms with Crippen molar-refractivity contribution >= 4 is 5.91 Å². The van der Waals surface area contributed by atoms with Gasteiger partial charge >= 0.3 is 0 Å². The van der Waals surface area contributed by atoms with Crippen LogP contribution in [0.15, 0.2) is 109 Å². The van der Waals surface area contributed by atoms with Gasteiger partial charge in [0.05, 0.1) is 32.0 Å². The number of carbonyl (C=O) groups is 1. The summed E-state index contributed by atoms with van der Waals surface area (Å²) in [6.07, 6.45) is 93.4. The molecule has 0 radical (unpaired) electrons. The predicted octanol–water partition coefficient (Wildman–Crippen LogP) is 21.8. The van der Waals surface area contributed by atoms with Gasteiger partial charge in [0, 0.05) is 6.42 Å². The zero-order chi connectivity index (χ0) is 77.2. The van der Waals surface area contributed by atoms with E-state index in [-0.39, 0.29) is 18.9 Å². The highest BCUT2D eigenvalue weighted by Crippen LogP contribution is 2.30. The Morgan fingerprint density at radius 2 is 0.654 bits per heavy atom. The number of nitrogens with one attached hydrogen (secondary N) is 1. The third-order valence-corrected chi connectivity index (χ3v) is 21.2. The molecule has 12 unspecified atom stereocenters. The molecule has 0 aliphatic carbocycles. The lowest BCUT2D eigenvalue weighted by molar-refractivity contribution is -0.359. The molecule has 2 aliphatic rings. The summed E-state index contributed by atoms with van der Waals surface area (Å²) in [6, 6.07) is -0.938. The summed E-state index contributed by atoms with van der Waals surface area (Å²) in [6.45, 7) is 2.72. The van der Waals surface area contributed by atoms with Crippen LogP contribution in [0.2, 0.25) is 0 Å². The minimum Gasteiger partial charge on any atom is -0.394 e. The van der Waals surface area contributed by atoms with Crippen molar-refractivity contribution < 1.29 is 64.6 Å². The van der Waals surface area contributed by atoms with Crippen molar-refractivity contribution in [2.24, 2.45) is 0 Å². The van der Waals surface area contributed by atoms with Crippen LogP contribution in [-0.4, -0.2) is 140 Å². The molecule has 1 amide bonds. The molecular weight excluding hydrogens is 1340 g/mol. The number of aliphatic hydroxyl groups excluding tert-OH is 8. The molecule has 0 aromatic carbocycles. The van der Waals surface area contributed by atoms with Crippen molar-refractivity contribution in [3.8, 4) is 0 Å². The fourth-order valence-electron chi connectivity index (χ4n) is 14.2. The maximum atomic E-state index is 13.4. The Kier molecular flexibility index (Phi) is 70.2. The smallest absolute Gasteiger partial charge is 0.220 e. The number of amides is 1. The molecular formula is C93H165NO13. The fourth-order valence-corrected chi connectivity index (χ4v) is 14.2. The molecule has 14 nitrogen and oxygen atoms in total. The van der Waals surface area contributed by atoms with Crippen LogP contribution in [0.1, 0.15) is 380 Å². The summed E-state index contributed by atoms with van der Waals surface area (Å²) in [7, 11) is 0. The lowest BCUT2D eigenvalue weighted by Crippen LogP contribution is -2.65. The second-order valence-corrected chi connectivity index (χ2v) is 31.0. The van der Waals surface area contributed by atoms with Gasteiger partial charge in [0.15, 0.2) is 12.6 Å². The Bertz CT molecular complexity index is 2220. The van der Waals surface area contributed by atoms with Crippen molar-refractivity contribution in [2.45, 2.75) is 453 Å². The summed E-state index contributed by atoms with van der Waals surface area (Å²) in [5.74, 6) is -0.245. The number of unbranched alkanes of at least 4 members (excludes halogenated alkanes) is 46. The van der Waals surface area contributed by atoms with Gasteiger partial charge < -0.3 is 65.1 Å². The first-order valence-electron chi connectivity index (χ1n) is 44.6. The van der Waals surface area contributed by atoms with Gasteiger partial charge in [-0.25, -0.2) is 0 Å². The largest absolute Gasteiger partial charge is 0.394 e. The van der Waals surface area contributed by atoms with Gasteiger partial charge in [-0.3, -0.25) is 4.79 Å². The fraction of sp³-hybridized carbons (Fsp3) is 0.796. The maximum Gasteiger partial charge on any atom is 0.220 e. The lowest BCUT2D eigenvalue weighted by atomic mass is 9.97. The van der Waals surface area contributed by atoms with Crippen LogP contribution in [-0.2, 0) is 23.7 Å². The van der Waals surface area contributed by atoms with Gasteiger partial charge in [-0.15, -0.1) is 0 Å². The molecule has 0 bridgehead atoms. The first-order chi connectivity index (χ1) is 52.6. The van der Waals surface area contributed by atoms with E-state index in [2.05, 4.69) is 116 Å². The number of aliphatic hydroxyl groups is 8. The third kappa shape index (κ3) is 57.4. The van der Waals surface area contributed by atoms with Gasteiger partial charge in [-0.1, -0.05) is 393 Å². The molecule has 107 heavy (non-hydrogen) atoms. The monoisotopic (exact) mass is 1500 g/mol. The molecule has 14 heteroatoms. The number of hydrogen-bond donors (Lipinski definition) is 9. The van der Waals surface area contributed by atoms with E-state index in [0.717, 1.165) is 77.0 Å². The van der Waals surface area contributed by atoms with E-state index < -0.39 is 86.8 Å². The quantitative estimate of drug-likeness (QED) is 0.0204. The van der Waals surface area contributed by atoms with Crippen LogP contribution >= 0.6 is 0 Å². The van der Waals surface area contributed by atoms with Crippen LogP contribution in [0, 0.1) is 0 Å². The van der Waals surface area contributed by atoms with Crippen LogP contribution in [0.4, 0.5) is 0 Å². The molecule has 2 heterocycles. The molecule has 0 aromatic heterocycles. The van der Waals surface area contributed by atoms with Crippen molar-refractivity contribution in [3.05, 3.63) is 109 Å². The molecule has 620 valence electrons. The van der Waals surface area contributed by atoms with E-state index in [1.165, 1.54) is 270 Å². The molecule has 12 atom stereocenters. The summed E-state index contributed by atoms with van der Waals surface area (Å²) in [5, 5.41) is 87.8. The van der Waals surface area contributed by atoms with E-state index in [0.29, 0.717) is 12.8 Å². The lowest BCUT2D eigenvalue weighted by Gasteiger charge is -2.46. The molecule has 0 saturated carbocycles. The van der Waals surface area contributed by atoms with Gasteiger partial charge in [0.1, 0.15) is 48.8 Å². The highest BCUT2D eigenvalue weighted by atomic mass is 16.7. The second-order valence-electron chi connectivity index (χ2n) is 31.0. The van der Waals surface area contributed by atoms with Crippen molar-refractivity contribution in [1.29, 1.82) is 0 Å². The Balaban J connectivity index is 1.58. The SMILES string of the molecule is CC/C=C\C/C=C\C/C=C\C/C=C\C/C=C\C/C=C\C/C=C\CCCCCCCCCCCCCCCCCCCCCC(=O)NC(COC1OC(CO)C(OC2OC(CO)C(O)C(O)C2O)C(O)C1O)C(O)/C=C/CC/C=C/CCCCCCCCCCCCCCCCCCCCCCCCCCCC. The number of allylic oxidation sites excluding steroid dienone is 17. The second kappa shape index (κ2) is 75.3. The van der Waals surface area contributed by atoms with E-state index in [9.17, 15) is 45.6 Å². The Morgan fingerprint density at radius 3 is 1.03 bits per heavy atom. The first-order valence-corrected chi connectivity index (χ1v) is 44.6. The van der Waals surface area contributed by atoms with Gasteiger partial charge in [0.2, 0.25) is 5.91 Å². The predicted molar refractivity (Wildman–Crippen MR) is 447 cm³/mol. The van der Waals surface area contributed by atoms with Crippen molar-refractivity contribution in [1.82, 2.24) is 5.32 Å². The Morgan fingerprint density at radius 1 is 0.346 bits per heavy atom. The number of rotatable bonds is 75. The molecule has 2 rings (SSSR count). The zero-order valence-corrected chi connectivity index (χ0v) is 68.4. The number of hydrogen-bond acceptors (Lipinski definition) is 13. The van der Waals surface area contributed by atoms with Gasteiger partial charge in [-0.05, 0) is 89.9 Å².